The minimum atomic E-state index is -1.25. The van der Waals surface area contributed by atoms with Crippen LogP contribution in [0.5, 0.6) is 0 Å². The number of hydrogen-bond acceptors (Lipinski definition) is 5. The van der Waals surface area contributed by atoms with Crippen LogP contribution < -0.4 is 16.3 Å². The predicted molar refractivity (Wildman–Crippen MR) is 96.7 cm³/mol. The Morgan fingerprint density at radius 2 is 2.12 bits per heavy atom. The highest BCUT2D eigenvalue weighted by molar-refractivity contribution is 6.62. The fourth-order valence-corrected chi connectivity index (χ4v) is 3.01. The molecule has 3 aromatic rings. The number of fused-ring (bicyclic) bond motifs is 2. The van der Waals surface area contributed by atoms with Crippen molar-refractivity contribution in [2.45, 2.75) is 6.42 Å². The molecule has 0 bridgehead atoms. The number of benzene rings is 2. The van der Waals surface area contributed by atoms with Crippen LogP contribution in [0.15, 0.2) is 54.9 Å². The van der Waals surface area contributed by atoms with Gasteiger partial charge in [-0.3, -0.25) is 19.3 Å². The molecule has 2 heterocycles. The average Bonchev–Trinajstić information content (AvgIpc) is 2.65. The van der Waals surface area contributed by atoms with Gasteiger partial charge in [0.25, 0.3) is 5.91 Å². The standard InChI is InChI=1S/C18H14BN3O4/c23-16(21-14-5-4-13-10-20-7-6-11(13)8-14)9-12-2-1-3-15-17(12)18(24)22-26-19(15)25/h1-8,10,25H,9H2,(H,21,23)(H,22,24). The van der Waals surface area contributed by atoms with Crippen LogP contribution in [-0.4, -0.2) is 28.9 Å². The molecule has 4 rings (SSSR count). The van der Waals surface area contributed by atoms with E-state index in [-0.39, 0.29) is 17.9 Å². The number of pyridine rings is 1. The van der Waals surface area contributed by atoms with Gasteiger partial charge in [-0.05, 0) is 34.6 Å². The fraction of sp³-hybridized carbons (Fsp3) is 0.0556. The van der Waals surface area contributed by atoms with Crippen LogP contribution in [0.2, 0.25) is 0 Å². The second-order valence-electron chi connectivity index (χ2n) is 5.95. The van der Waals surface area contributed by atoms with E-state index >= 15 is 0 Å². The Balaban J connectivity index is 1.57. The van der Waals surface area contributed by atoms with Crippen molar-refractivity contribution < 1.29 is 19.4 Å². The number of carbonyl (C=O) groups excluding carboxylic acids is 2. The van der Waals surface area contributed by atoms with Crippen molar-refractivity contribution in [1.29, 1.82) is 0 Å². The lowest BCUT2D eigenvalue weighted by Gasteiger charge is -2.21. The topological polar surface area (TPSA) is 101 Å². The van der Waals surface area contributed by atoms with Crippen molar-refractivity contribution >= 4 is 40.9 Å². The fourth-order valence-electron chi connectivity index (χ4n) is 3.01. The molecule has 128 valence electrons. The van der Waals surface area contributed by atoms with Gasteiger partial charge in [-0.1, -0.05) is 24.3 Å². The van der Waals surface area contributed by atoms with Crippen molar-refractivity contribution in [1.82, 2.24) is 10.5 Å². The number of aromatic nitrogens is 1. The van der Waals surface area contributed by atoms with Gasteiger partial charge in [0.1, 0.15) is 0 Å². The Kier molecular flexibility index (Phi) is 4.12. The lowest BCUT2D eigenvalue weighted by Crippen LogP contribution is -2.50. The highest BCUT2D eigenvalue weighted by Crippen LogP contribution is 2.19. The molecular weight excluding hydrogens is 333 g/mol. The molecule has 1 aliphatic rings. The van der Waals surface area contributed by atoms with E-state index in [1.807, 2.05) is 18.2 Å². The molecule has 0 saturated carbocycles. The number of anilines is 1. The first kappa shape index (κ1) is 16.3. The van der Waals surface area contributed by atoms with E-state index in [1.54, 1.807) is 36.7 Å². The number of nitrogens with one attached hydrogen (secondary N) is 2. The average molecular weight is 347 g/mol. The van der Waals surface area contributed by atoms with Crippen molar-refractivity contribution in [3.8, 4) is 0 Å². The minimum absolute atomic E-state index is 0.00229. The maximum Gasteiger partial charge on any atom is 0.515 e. The molecule has 26 heavy (non-hydrogen) atoms. The third-order valence-electron chi connectivity index (χ3n) is 4.21. The number of hydroxylamine groups is 1. The summed E-state index contributed by atoms with van der Waals surface area (Å²) in [6, 6.07) is 12.4. The first-order valence-electron chi connectivity index (χ1n) is 8.01. The molecule has 8 heteroatoms. The largest absolute Gasteiger partial charge is 0.515 e. The monoisotopic (exact) mass is 347 g/mol. The molecule has 0 aliphatic carbocycles. The summed E-state index contributed by atoms with van der Waals surface area (Å²) in [5.41, 5.74) is 3.94. The van der Waals surface area contributed by atoms with Gasteiger partial charge in [-0.25, -0.2) is 5.48 Å². The van der Waals surface area contributed by atoms with Crippen molar-refractivity contribution in [3.05, 3.63) is 66.0 Å². The number of carbonyl (C=O) groups is 2. The number of nitrogens with zero attached hydrogens (tertiary/aromatic N) is 1. The summed E-state index contributed by atoms with van der Waals surface area (Å²) in [6.07, 6.45) is 3.44. The summed E-state index contributed by atoms with van der Waals surface area (Å²) in [5.74, 6) is -0.743. The Morgan fingerprint density at radius 1 is 1.23 bits per heavy atom. The second kappa shape index (κ2) is 6.59. The summed E-state index contributed by atoms with van der Waals surface area (Å²) in [4.78, 5) is 28.6. The van der Waals surface area contributed by atoms with Gasteiger partial charge < -0.3 is 10.3 Å². The number of hydrogen-bond donors (Lipinski definition) is 3. The van der Waals surface area contributed by atoms with Crippen LogP contribution in [-0.2, 0) is 16.0 Å². The third kappa shape index (κ3) is 3.03. The zero-order valence-corrected chi connectivity index (χ0v) is 13.6. The van der Waals surface area contributed by atoms with Crippen molar-refractivity contribution in [2.75, 3.05) is 5.32 Å². The van der Waals surface area contributed by atoms with E-state index in [2.05, 4.69) is 15.8 Å². The van der Waals surface area contributed by atoms with E-state index < -0.39 is 13.0 Å². The second-order valence-corrected chi connectivity index (χ2v) is 5.95. The zero-order chi connectivity index (χ0) is 18.1. The lowest BCUT2D eigenvalue weighted by molar-refractivity contribution is -0.115. The number of rotatable bonds is 3. The first-order chi connectivity index (χ1) is 12.6. The molecule has 1 aliphatic heterocycles. The molecule has 0 fully saturated rings. The van der Waals surface area contributed by atoms with Gasteiger partial charge in [-0.2, -0.15) is 0 Å². The van der Waals surface area contributed by atoms with Gasteiger partial charge in [-0.15, -0.1) is 0 Å². The summed E-state index contributed by atoms with van der Waals surface area (Å²) in [6.45, 7) is 0. The Hall–Kier alpha value is -3.23. The predicted octanol–water partition coefficient (Wildman–Crippen LogP) is 0.778. The Morgan fingerprint density at radius 3 is 3.00 bits per heavy atom. The SMILES string of the molecule is O=C(Cc1cccc2c1C(=O)NOB2O)Nc1ccc2cnccc2c1. The Bertz CT molecular complexity index is 1020. The van der Waals surface area contributed by atoms with Crippen molar-refractivity contribution in [3.63, 3.8) is 0 Å². The molecule has 3 N–H and O–H groups in total. The smallest absolute Gasteiger partial charge is 0.422 e. The quantitative estimate of drug-likeness (QED) is 0.608. The van der Waals surface area contributed by atoms with Crippen LogP contribution in [0.3, 0.4) is 0 Å². The van der Waals surface area contributed by atoms with Gasteiger partial charge in [0, 0.05) is 29.0 Å². The maximum absolute atomic E-state index is 12.4. The molecular formula is C18H14BN3O4. The Labute approximate surface area is 149 Å². The van der Waals surface area contributed by atoms with E-state index in [1.165, 1.54) is 0 Å². The van der Waals surface area contributed by atoms with Gasteiger partial charge in [0.2, 0.25) is 5.91 Å². The molecule has 0 atom stereocenters. The van der Waals surface area contributed by atoms with E-state index in [0.29, 0.717) is 16.7 Å². The number of amides is 2. The van der Waals surface area contributed by atoms with Crippen LogP contribution in [0, 0.1) is 0 Å². The van der Waals surface area contributed by atoms with Crippen LogP contribution >= 0.6 is 0 Å². The van der Waals surface area contributed by atoms with Crippen LogP contribution in [0.1, 0.15) is 15.9 Å². The molecule has 0 radical (unpaired) electrons. The zero-order valence-electron chi connectivity index (χ0n) is 13.6. The van der Waals surface area contributed by atoms with Gasteiger partial charge in [0.05, 0.1) is 6.42 Å². The summed E-state index contributed by atoms with van der Waals surface area (Å²) in [7, 11) is -1.25. The minimum Gasteiger partial charge on any atom is -0.422 e. The molecule has 0 spiro atoms. The normalized spacial score (nSPS) is 13.3. The molecule has 0 unspecified atom stereocenters. The third-order valence-corrected chi connectivity index (χ3v) is 4.21. The lowest BCUT2D eigenvalue weighted by atomic mass is 9.74. The van der Waals surface area contributed by atoms with E-state index in [0.717, 1.165) is 10.8 Å². The van der Waals surface area contributed by atoms with Crippen molar-refractivity contribution in [2.24, 2.45) is 0 Å². The molecule has 7 nitrogen and oxygen atoms in total. The van der Waals surface area contributed by atoms with Gasteiger partial charge >= 0.3 is 7.12 Å². The summed E-state index contributed by atoms with van der Waals surface area (Å²) < 4.78 is 4.76. The first-order valence-corrected chi connectivity index (χ1v) is 8.01. The van der Waals surface area contributed by atoms with Crippen LogP contribution in [0.25, 0.3) is 10.8 Å². The van der Waals surface area contributed by atoms with E-state index in [4.69, 9.17) is 4.76 Å². The summed E-state index contributed by atoms with van der Waals surface area (Å²) >= 11 is 0. The van der Waals surface area contributed by atoms with Gasteiger partial charge in [0.15, 0.2) is 0 Å². The highest BCUT2D eigenvalue weighted by atomic mass is 16.7. The maximum atomic E-state index is 12.4. The molecule has 0 saturated heterocycles. The molecule has 1 aromatic heterocycles. The highest BCUT2D eigenvalue weighted by Gasteiger charge is 2.32. The van der Waals surface area contributed by atoms with E-state index in [9.17, 15) is 14.6 Å². The van der Waals surface area contributed by atoms with Crippen LogP contribution in [0.4, 0.5) is 5.69 Å². The molecule has 2 aromatic carbocycles. The summed E-state index contributed by atoms with van der Waals surface area (Å²) in [5, 5.41) is 14.6. The molecule has 2 amide bonds.